The number of amides is 3. The topological polar surface area (TPSA) is 105 Å². The van der Waals surface area contributed by atoms with Crippen molar-refractivity contribution in [2.75, 3.05) is 6.61 Å². The first-order valence-electron chi connectivity index (χ1n) is 11.2. The molecular weight excluding hydrogens is 434 g/mol. The molecule has 0 spiro atoms. The van der Waals surface area contributed by atoms with Crippen molar-refractivity contribution in [3.05, 3.63) is 83.1 Å². The Balaban J connectivity index is 2.02. The molecule has 1 unspecified atom stereocenters. The molecule has 1 aliphatic heterocycles. The van der Waals surface area contributed by atoms with Crippen molar-refractivity contribution in [2.24, 2.45) is 0 Å². The van der Waals surface area contributed by atoms with Gasteiger partial charge in [0.1, 0.15) is 6.04 Å². The molecule has 8 nitrogen and oxygen atoms in total. The molecule has 0 aliphatic carbocycles. The lowest BCUT2D eigenvalue weighted by Gasteiger charge is -2.38. The van der Waals surface area contributed by atoms with Gasteiger partial charge in [-0.15, -0.1) is 0 Å². The van der Waals surface area contributed by atoms with Gasteiger partial charge in [-0.1, -0.05) is 60.7 Å². The Morgan fingerprint density at radius 3 is 2.26 bits per heavy atom. The van der Waals surface area contributed by atoms with E-state index in [0.717, 1.165) is 5.56 Å². The Kier molecular flexibility index (Phi) is 8.19. The van der Waals surface area contributed by atoms with Gasteiger partial charge in [-0.2, -0.15) is 0 Å². The zero-order valence-corrected chi connectivity index (χ0v) is 19.5. The molecule has 3 rings (SSSR count). The first-order chi connectivity index (χ1) is 16.3. The predicted molar refractivity (Wildman–Crippen MR) is 126 cm³/mol. The number of ether oxygens (including phenoxy) is 1. The van der Waals surface area contributed by atoms with E-state index in [1.165, 1.54) is 11.8 Å². The minimum atomic E-state index is -1.10. The predicted octanol–water partition coefficient (Wildman–Crippen LogP) is 2.62. The van der Waals surface area contributed by atoms with Crippen molar-refractivity contribution in [2.45, 2.75) is 45.8 Å². The fourth-order valence-corrected chi connectivity index (χ4v) is 3.99. The van der Waals surface area contributed by atoms with Crippen molar-refractivity contribution in [3.8, 4) is 0 Å². The molecule has 2 aromatic rings. The van der Waals surface area contributed by atoms with E-state index in [1.54, 1.807) is 44.2 Å². The number of carbonyl (C=O) groups is 4. The molecule has 178 valence electrons. The summed E-state index contributed by atoms with van der Waals surface area (Å²) < 4.78 is 5.28. The number of hydrogen-bond donors (Lipinski definition) is 2. The Morgan fingerprint density at radius 1 is 1.06 bits per heavy atom. The Labute approximate surface area is 199 Å². The largest absolute Gasteiger partial charge is 0.464 e. The Bertz CT molecular complexity index is 1080. The van der Waals surface area contributed by atoms with E-state index in [-0.39, 0.29) is 18.9 Å². The monoisotopic (exact) mass is 463 g/mol. The Morgan fingerprint density at radius 2 is 1.68 bits per heavy atom. The van der Waals surface area contributed by atoms with Gasteiger partial charge in [0.05, 0.1) is 6.61 Å². The van der Waals surface area contributed by atoms with Gasteiger partial charge in [0, 0.05) is 31.2 Å². The molecular formula is C26H29N3O5. The SMILES string of the molecule is CCOC(=O)[C@@H](c1ccccc1)N1C(=O)C(NC(C)=O)CC(C(=O)NCc2ccccc2)=C1C. The van der Waals surface area contributed by atoms with E-state index in [4.69, 9.17) is 4.74 Å². The van der Waals surface area contributed by atoms with Gasteiger partial charge in [0.2, 0.25) is 11.8 Å². The fourth-order valence-electron chi connectivity index (χ4n) is 3.99. The van der Waals surface area contributed by atoms with Gasteiger partial charge < -0.3 is 15.4 Å². The number of carbonyl (C=O) groups excluding carboxylic acids is 4. The van der Waals surface area contributed by atoms with Gasteiger partial charge >= 0.3 is 5.97 Å². The van der Waals surface area contributed by atoms with Crippen molar-refractivity contribution < 1.29 is 23.9 Å². The third kappa shape index (κ3) is 5.70. The highest BCUT2D eigenvalue weighted by Crippen LogP contribution is 2.33. The van der Waals surface area contributed by atoms with Crippen molar-refractivity contribution in [1.29, 1.82) is 0 Å². The molecule has 1 heterocycles. The van der Waals surface area contributed by atoms with E-state index in [9.17, 15) is 19.2 Å². The number of rotatable bonds is 8. The lowest BCUT2D eigenvalue weighted by molar-refractivity contribution is -0.155. The lowest BCUT2D eigenvalue weighted by atomic mass is 9.93. The van der Waals surface area contributed by atoms with Crippen LogP contribution in [0.3, 0.4) is 0 Å². The second-order valence-corrected chi connectivity index (χ2v) is 7.96. The van der Waals surface area contributed by atoms with Gasteiger partial charge in [-0.3, -0.25) is 19.3 Å². The molecule has 2 N–H and O–H groups in total. The molecule has 0 bridgehead atoms. The zero-order valence-electron chi connectivity index (χ0n) is 19.5. The summed E-state index contributed by atoms with van der Waals surface area (Å²) >= 11 is 0. The third-order valence-electron chi connectivity index (χ3n) is 5.57. The van der Waals surface area contributed by atoms with Gasteiger partial charge in [0.15, 0.2) is 6.04 Å². The molecule has 0 aromatic heterocycles. The summed E-state index contributed by atoms with van der Waals surface area (Å²) in [5.41, 5.74) is 2.13. The first kappa shape index (κ1) is 24.7. The number of esters is 1. The van der Waals surface area contributed by atoms with Crippen molar-refractivity contribution in [3.63, 3.8) is 0 Å². The summed E-state index contributed by atoms with van der Waals surface area (Å²) in [5.74, 6) is -1.87. The highest BCUT2D eigenvalue weighted by molar-refractivity contribution is 6.00. The molecule has 2 aromatic carbocycles. The molecule has 2 atom stereocenters. The van der Waals surface area contributed by atoms with Gasteiger partial charge in [-0.05, 0) is 25.0 Å². The first-order valence-corrected chi connectivity index (χ1v) is 11.2. The maximum absolute atomic E-state index is 13.5. The van der Waals surface area contributed by atoms with Gasteiger partial charge in [-0.25, -0.2) is 4.79 Å². The van der Waals surface area contributed by atoms with Crippen LogP contribution in [0.15, 0.2) is 71.9 Å². The number of nitrogens with one attached hydrogen (secondary N) is 2. The highest BCUT2D eigenvalue weighted by Gasteiger charge is 2.42. The molecule has 8 heteroatoms. The summed E-state index contributed by atoms with van der Waals surface area (Å²) in [5, 5.41) is 5.50. The van der Waals surface area contributed by atoms with E-state index in [2.05, 4.69) is 10.6 Å². The molecule has 3 amide bonds. The van der Waals surface area contributed by atoms with Crippen molar-refractivity contribution >= 4 is 23.7 Å². The summed E-state index contributed by atoms with van der Waals surface area (Å²) in [4.78, 5) is 52.8. The summed E-state index contributed by atoms with van der Waals surface area (Å²) in [6.07, 6.45) is 0.0195. The Hall–Kier alpha value is -3.94. The van der Waals surface area contributed by atoms with Crippen LogP contribution < -0.4 is 10.6 Å². The average molecular weight is 464 g/mol. The second kappa shape index (κ2) is 11.3. The van der Waals surface area contributed by atoms with E-state index in [0.29, 0.717) is 23.4 Å². The van der Waals surface area contributed by atoms with Crippen LogP contribution in [0.4, 0.5) is 0 Å². The van der Waals surface area contributed by atoms with Gasteiger partial charge in [0.25, 0.3) is 5.91 Å². The average Bonchev–Trinajstić information content (AvgIpc) is 2.83. The van der Waals surface area contributed by atoms with Crippen LogP contribution in [-0.4, -0.2) is 41.2 Å². The zero-order chi connectivity index (χ0) is 24.7. The number of allylic oxidation sites excluding steroid dienone is 1. The molecule has 34 heavy (non-hydrogen) atoms. The fraction of sp³-hybridized carbons (Fsp3) is 0.308. The highest BCUT2D eigenvalue weighted by atomic mass is 16.5. The number of nitrogens with zero attached hydrogens (tertiary/aromatic N) is 1. The standard InChI is InChI=1S/C26H29N3O5/c1-4-34-26(33)23(20-13-9-6-10-14-20)29-17(2)21(15-22(25(29)32)28-18(3)30)24(31)27-16-19-11-7-5-8-12-19/h5-14,22-23H,4,15-16H2,1-3H3,(H,27,31)(H,28,30)/t22?,23-/m1/s1. The lowest BCUT2D eigenvalue weighted by Crippen LogP contribution is -2.54. The summed E-state index contributed by atoms with van der Waals surface area (Å²) in [7, 11) is 0. The van der Waals surface area contributed by atoms with Crippen LogP contribution in [0.5, 0.6) is 0 Å². The molecule has 0 saturated carbocycles. The number of benzene rings is 2. The van der Waals surface area contributed by atoms with Crippen LogP contribution in [0.2, 0.25) is 0 Å². The maximum atomic E-state index is 13.5. The molecule has 0 fully saturated rings. The van der Waals surface area contributed by atoms with E-state index in [1.807, 2.05) is 30.3 Å². The quantitative estimate of drug-likeness (QED) is 0.586. The maximum Gasteiger partial charge on any atom is 0.333 e. The second-order valence-electron chi connectivity index (χ2n) is 7.96. The van der Waals surface area contributed by atoms with Crippen LogP contribution >= 0.6 is 0 Å². The third-order valence-corrected chi connectivity index (χ3v) is 5.57. The molecule has 0 radical (unpaired) electrons. The minimum Gasteiger partial charge on any atom is -0.464 e. The minimum absolute atomic E-state index is 0.0195. The van der Waals surface area contributed by atoms with Crippen LogP contribution in [0, 0.1) is 0 Å². The smallest absolute Gasteiger partial charge is 0.333 e. The van der Waals surface area contributed by atoms with E-state index < -0.39 is 29.9 Å². The van der Waals surface area contributed by atoms with Crippen LogP contribution in [-0.2, 0) is 30.5 Å². The summed E-state index contributed by atoms with van der Waals surface area (Å²) in [6, 6.07) is 16.1. The summed E-state index contributed by atoms with van der Waals surface area (Å²) in [6.45, 7) is 5.05. The van der Waals surface area contributed by atoms with E-state index >= 15 is 0 Å². The normalized spacial score (nSPS) is 16.6. The van der Waals surface area contributed by atoms with Crippen molar-refractivity contribution in [1.82, 2.24) is 15.5 Å². The molecule has 1 aliphatic rings. The molecule has 0 saturated heterocycles. The number of hydrogen-bond acceptors (Lipinski definition) is 5. The van der Waals surface area contributed by atoms with Crippen LogP contribution in [0.25, 0.3) is 0 Å². The van der Waals surface area contributed by atoms with Crippen LogP contribution in [0.1, 0.15) is 44.4 Å².